The van der Waals surface area contributed by atoms with Crippen molar-refractivity contribution in [3.05, 3.63) is 35.9 Å². The highest BCUT2D eigenvalue weighted by Crippen LogP contribution is 2.09. The van der Waals surface area contributed by atoms with Crippen molar-refractivity contribution in [3.8, 4) is 0 Å². The lowest BCUT2D eigenvalue weighted by atomic mass is 10.0. The van der Waals surface area contributed by atoms with Gasteiger partial charge in [0, 0.05) is 6.04 Å². The van der Waals surface area contributed by atoms with Crippen LogP contribution in [-0.2, 0) is 6.42 Å². The Kier molecular flexibility index (Phi) is 9.69. The maximum atomic E-state index is 4.43. The number of benzene rings is 1. The first kappa shape index (κ1) is 14.9. The molecule has 1 aromatic carbocycles. The average molecular weight is 219 g/mol. The van der Waals surface area contributed by atoms with Gasteiger partial charge in [-0.15, -0.1) is 0 Å². The van der Waals surface area contributed by atoms with Crippen molar-refractivity contribution >= 4 is 6.21 Å². The van der Waals surface area contributed by atoms with Gasteiger partial charge in [0.2, 0.25) is 0 Å². The Morgan fingerprint density at radius 3 is 2.31 bits per heavy atom. The minimum absolute atomic E-state index is 0.500. The van der Waals surface area contributed by atoms with Crippen LogP contribution in [0.15, 0.2) is 35.3 Å². The molecule has 0 fully saturated rings. The minimum atomic E-state index is 0.500. The first-order valence-electron chi connectivity index (χ1n) is 6.38. The summed E-state index contributed by atoms with van der Waals surface area (Å²) in [7, 11) is 0. The van der Waals surface area contributed by atoms with Gasteiger partial charge in [-0.05, 0) is 38.0 Å². The first-order chi connectivity index (χ1) is 7.86. The van der Waals surface area contributed by atoms with Crippen LogP contribution in [0.1, 0.15) is 46.1 Å². The van der Waals surface area contributed by atoms with Crippen LogP contribution >= 0.6 is 0 Å². The van der Waals surface area contributed by atoms with Crippen LogP contribution in [0.2, 0.25) is 0 Å². The van der Waals surface area contributed by atoms with E-state index >= 15 is 0 Å². The molecule has 1 unspecified atom stereocenters. The van der Waals surface area contributed by atoms with Gasteiger partial charge in [0.1, 0.15) is 0 Å². The van der Waals surface area contributed by atoms with E-state index in [1.165, 1.54) is 5.56 Å². The van der Waals surface area contributed by atoms with Gasteiger partial charge in [-0.3, -0.25) is 4.99 Å². The summed E-state index contributed by atoms with van der Waals surface area (Å²) in [6.07, 6.45) is 5.35. The summed E-state index contributed by atoms with van der Waals surface area (Å²) in [5, 5.41) is 0. The largest absolute Gasteiger partial charge is 0.295 e. The Hall–Kier alpha value is -1.11. The van der Waals surface area contributed by atoms with E-state index in [0.29, 0.717) is 6.04 Å². The smallest absolute Gasteiger partial charge is 0.0496 e. The van der Waals surface area contributed by atoms with Gasteiger partial charge in [0.25, 0.3) is 0 Å². The first-order valence-corrected chi connectivity index (χ1v) is 6.38. The lowest BCUT2D eigenvalue weighted by molar-refractivity contribution is 0.600. The lowest BCUT2D eigenvalue weighted by Crippen LogP contribution is -2.04. The van der Waals surface area contributed by atoms with Crippen molar-refractivity contribution in [1.82, 2.24) is 0 Å². The molecule has 1 atom stereocenters. The van der Waals surface area contributed by atoms with Gasteiger partial charge >= 0.3 is 0 Å². The van der Waals surface area contributed by atoms with Gasteiger partial charge in [-0.25, -0.2) is 0 Å². The van der Waals surface area contributed by atoms with Gasteiger partial charge in [-0.2, -0.15) is 0 Å². The van der Waals surface area contributed by atoms with Crippen LogP contribution < -0.4 is 0 Å². The van der Waals surface area contributed by atoms with Crippen LogP contribution in [0.4, 0.5) is 0 Å². The fourth-order valence-corrected chi connectivity index (χ4v) is 1.57. The molecule has 1 nitrogen and oxygen atoms in total. The topological polar surface area (TPSA) is 12.4 Å². The molecule has 16 heavy (non-hydrogen) atoms. The second-order valence-corrected chi connectivity index (χ2v) is 3.49. The molecule has 0 saturated carbocycles. The van der Waals surface area contributed by atoms with Gasteiger partial charge in [0.05, 0.1) is 0 Å². The molecule has 0 aliphatic rings. The van der Waals surface area contributed by atoms with Gasteiger partial charge < -0.3 is 0 Å². The average Bonchev–Trinajstić information content (AvgIpc) is 2.38. The molecule has 1 aromatic rings. The summed E-state index contributed by atoms with van der Waals surface area (Å²) in [4.78, 5) is 4.43. The van der Waals surface area contributed by atoms with Crippen LogP contribution in [-0.4, -0.2) is 12.3 Å². The number of hydrogen-bond donors (Lipinski definition) is 0. The van der Waals surface area contributed by atoms with E-state index < -0.39 is 0 Å². The summed E-state index contributed by atoms with van der Waals surface area (Å²) < 4.78 is 0. The normalized spacial score (nSPS) is 12.0. The molecule has 0 heterocycles. The van der Waals surface area contributed by atoms with E-state index in [0.717, 1.165) is 19.3 Å². The minimum Gasteiger partial charge on any atom is -0.295 e. The van der Waals surface area contributed by atoms with Crippen LogP contribution in [0.5, 0.6) is 0 Å². The lowest BCUT2D eigenvalue weighted by Gasteiger charge is -2.08. The summed E-state index contributed by atoms with van der Waals surface area (Å²) >= 11 is 0. The van der Waals surface area contributed by atoms with Crippen LogP contribution in [0, 0.1) is 0 Å². The maximum absolute atomic E-state index is 4.43. The molecule has 0 aliphatic heterocycles. The summed E-state index contributed by atoms with van der Waals surface area (Å²) in [5.41, 5.74) is 1.41. The van der Waals surface area contributed by atoms with Crippen molar-refractivity contribution in [3.63, 3.8) is 0 Å². The van der Waals surface area contributed by atoms with E-state index in [1.54, 1.807) is 0 Å². The number of nitrogens with zero attached hydrogens (tertiary/aromatic N) is 1. The van der Waals surface area contributed by atoms with E-state index in [4.69, 9.17) is 0 Å². The molecule has 1 heteroatoms. The summed E-state index contributed by atoms with van der Waals surface area (Å²) in [6, 6.07) is 11.1. The van der Waals surface area contributed by atoms with E-state index in [-0.39, 0.29) is 0 Å². The summed E-state index contributed by atoms with van der Waals surface area (Å²) in [5.74, 6) is 0. The zero-order valence-corrected chi connectivity index (χ0v) is 11.1. The number of aliphatic imine (C=N–C) groups is 1. The number of hydrogen-bond acceptors (Lipinski definition) is 1. The zero-order chi connectivity index (χ0) is 12.2. The molecule has 0 N–H and O–H groups in total. The fraction of sp³-hybridized carbons (Fsp3) is 0.533. The van der Waals surface area contributed by atoms with E-state index in [1.807, 2.05) is 27.0 Å². The van der Waals surface area contributed by atoms with Crippen molar-refractivity contribution < 1.29 is 0 Å². The van der Waals surface area contributed by atoms with Gasteiger partial charge in [-0.1, -0.05) is 51.1 Å². The summed E-state index contributed by atoms with van der Waals surface area (Å²) in [6.45, 7) is 8.19. The molecule has 1 rings (SSSR count). The molecule has 0 saturated heterocycles. The zero-order valence-electron chi connectivity index (χ0n) is 11.1. The Morgan fingerprint density at radius 1 is 1.19 bits per heavy atom. The third-order valence-electron chi connectivity index (χ3n) is 2.44. The third-order valence-corrected chi connectivity index (χ3v) is 2.44. The second-order valence-electron chi connectivity index (χ2n) is 3.49. The highest BCUT2D eigenvalue weighted by Gasteiger charge is 2.02. The SMILES string of the molecule is CC.CC=NC(CC)CCc1ccccc1. The van der Waals surface area contributed by atoms with Crippen molar-refractivity contribution in [1.29, 1.82) is 0 Å². The molecular formula is C15H25N. The quantitative estimate of drug-likeness (QED) is 0.646. The van der Waals surface area contributed by atoms with E-state index in [2.05, 4.69) is 42.2 Å². The number of aryl methyl sites for hydroxylation is 1. The Balaban J connectivity index is 0.00000106. The Labute approximate surface area is 101 Å². The monoisotopic (exact) mass is 219 g/mol. The van der Waals surface area contributed by atoms with Gasteiger partial charge in [0.15, 0.2) is 0 Å². The molecule has 0 amide bonds. The number of rotatable bonds is 5. The highest BCUT2D eigenvalue weighted by molar-refractivity contribution is 5.53. The molecule has 0 aromatic heterocycles. The third kappa shape index (κ3) is 6.39. The molecule has 0 aliphatic carbocycles. The van der Waals surface area contributed by atoms with Crippen LogP contribution in [0.3, 0.4) is 0 Å². The van der Waals surface area contributed by atoms with Crippen molar-refractivity contribution in [2.45, 2.75) is 53.0 Å². The van der Waals surface area contributed by atoms with E-state index in [9.17, 15) is 0 Å². The Morgan fingerprint density at radius 2 is 1.81 bits per heavy atom. The maximum Gasteiger partial charge on any atom is 0.0496 e. The molecule has 90 valence electrons. The predicted octanol–water partition coefficient (Wildman–Crippen LogP) is 4.51. The molecule has 0 spiro atoms. The predicted molar refractivity (Wildman–Crippen MR) is 74.4 cm³/mol. The molecule has 0 radical (unpaired) electrons. The van der Waals surface area contributed by atoms with Crippen molar-refractivity contribution in [2.75, 3.05) is 0 Å². The fourth-order valence-electron chi connectivity index (χ4n) is 1.57. The standard InChI is InChI=1S/C13H19N.C2H6/c1-3-13(14-4-2)11-10-12-8-6-5-7-9-12;1-2/h4-9,13H,3,10-11H2,1-2H3;1-2H3. The Bertz CT molecular complexity index is 264. The molecule has 0 bridgehead atoms. The highest BCUT2D eigenvalue weighted by atomic mass is 14.8. The van der Waals surface area contributed by atoms with Crippen molar-refractivity contribution in [2.24, 2.45) is 4.99 Å². The van der Waals surface area contributed by atoms with Crippen LogP contribution in [0.25, 0.3) is 0 Å². The molecular weight excluding hydrogens is 194 g/mol. The second kappa shape index (κ2) is 10.4.